The van der Waals surface area contributed by atoms with Gasteiger partial charge < -0.3 is 9.73 Å². The van der Waals surface area contributed by atoms with Crippen LogP contribution in [-0.4, -0.2) is 18.1 Å². The van der Waals surface area contributed by atoms with Crippen molar-refractivity contribution in [2.24, 2.45) is 5.92 Å². The van der Waals surface area contributed by atoms with Gasteiger partial charge in [-0.3, -0.25) is 0 Å². The number of rotatable bonds is 3. The zero-order valence-corrected chi connectivity index (χ0v) is 9.94. The molecule has 0 radical (unpaired) electrons. The van der Waals surface area contributed by atoms with Crippen LogP contribution in [0.25, 0.3) is 11.5 Å². The SMILES string of the molecule is Cc1cccc(-c2nc(CC3CNC3)co2)c1. The standard InChI is InChI=1S/C14H16N2O/c1-10-3-2-4-12(5-10)14-16-13(9-17-14)6-11-7-15-8-11/h2-5,9,11,15H,6-8H2,1H3. The number of benzene rings is 1. The number of hydrogen-bond donors (Lipinski definition) is 1. The summed E-state index contributed by atoms with van der Waals surface area (Å²) in [4.78, 5) is 4.55. The van der Waals surface area contributed by atoms with E-state index in [-0.39, 0.29) is 0 Å². The van der Waals surface area contributed by atoms with Crippen molar-refractivity contribution < 1.29 is 4.42 Å². The molecule has 3 heteroatoms. The van der Waals surface area contributed by atoms with Gasteiger partial charge in [0, 0.05) is 5.56 Å². The molecule has 17 heavy (non-hydrogen) atoms. The topological polar surface area (TPSA) is 38.1 Å². The fourth-order valence-corrected chi connectivity index (χ4v) is 2.10. The van der Waals surface area contributed by atoms with E-state index in [0.29, 0.717) is 0 Å². The quantitative estimate of drug-likeness (QED) is 0.876. The molecule has 0 bridgehead atoms. The van der Waals surface area contributed by atoms with Gasteiger partial charge in [-0.15, -0.1) is 0 Å². The lowest BCUT2D eigenvalue weighted by Crippen LogP contribution is -2.43. The van der Waals surface area contributed by atoms with Crippen LogP contribution in [0.1, 0.15) is 11.3 Å². The van der Waals surface area contributed by atoms with Gasteiger partial charge in [0.1, 0.15) is 6.26 Å². The highest BCUT2D eigenvalue weighted by Crippen LogP contribution is 2.21. The summed E-state index contributed by atoms with van der Waals surface area (Å²) in [6.07, 6.45) is 2.80. The first-order valence-electron chi connectivity index (χ1n) is 6.03. The second-order valence-electron chi connectivity index (χ2n) is 4.74. The van der Waals surface area contributed by atoms with Gasteiger partial charge >= 0.3 is 0 Å². The van der Waals surface area contributed by atoms with Crippen molar-refractivity contribution >= 4 is 0 Å². The van der Waals surface area contributed by atoms with Crippen molar-refractivity contribution in [1.82, 2.24) is 10.3 Å². The fraction of sp³-hybridized carbons (Fsp3) is 0.357. The number of nitrogens with one attached hydrogen (secondary N) is 1. The Kier molecular flexibility index (Phi) is 2.69. The third-order valence-corrected chi connectivity index (χ3v) is 3.18. The van der Waals surface area contributed by atoms with Gasteiger partial charge in [0.15, 0.2) is 0 Å². The maximum Gasteiger partial charge on any atom is 0.226 e. The lowest BCUT2D eigenvalue weighted by molar-refractivity contribution is 0.344. The van der Waals surface area contributed by atoms with Gasteiger partial charge in [0.05, 0.1) is 5.69 Å². The van der Waals surface area contributed by atoms with E-state index in [1.807, 2.05) is 12.1 Å². The molecular weight excluding hydrogens is 212 g/mol. The van der Waals surface area contributed by atoms with Crippen LogP contribution in [0.4, 0.5) is 0 Å². The number of aryl methyl sites for hydroxylation is 1. The van der Waals surface area contributed by atoms with E-state index in [2.05, 4.69) is 29.4 Å². The van der Waals surface area contributed by atoms with E-state index in [4.69, 9.17) is 4.42 Å². The molecule has 2 heterocycles. The highest BCUT2D eigenvalue weighted by atomic mass is 16.3. The highest BCUT2D eigenvalue weighted by molar-refractivity contribution is 5.54. The molecule has 1 fully saturated rings. The maximum absolute atomic E-state index is 5.54. The summed E-state index contributed by atoms with van der Waals surface area (Å²) < 4.78 is 5.54. The van der Waals surface area contributed by atoms with Gasteiger partial charge in [0.25, 0.3) is 0 Å². The Hall–Kier alpha value is -1.61. The first-order valence-corrected chi connectivity index (χ1v) is 6.03. The molecule has 1 aromatic carbocycles. The Morgan fingerprint density at radius 2 is 2.29 bits per heavy atom. The van der Waals surface area contributed by atoms with Crippen LogP contribution in [-0.2, 0) is 6.42 Å². The number of nitrogens with zero attached hydrogens (tertiary/aromatic N) is 1. The Morgan fingerprint density at radius 3 is 3.00 bits per heavy atom. The van der Waals surface area contributed by atoms with Crippen LogP contribution >= 0.6 is 0 Å². The Labute approximate surface area is 101 Å². The molecule has 3 nitrogen and oxygen atoms in total. The summed E-state index contributed by atoms with van der Waals surface area (Å²) in [5, 5.41) is 3.27. The molecular formula is C14H16N2O. The molecule has 2 aromatic rings. The van der Waals surface area contributed by atoms with Gasteiger partial charge in [-0.2, -0.15) is 0 Å². The molecule has 1 aliphatic rings. The van der Waals surface area contributed by atoms with Crippen molar-refractivity contribution in [2.45, 2.75) is 13.3 Å². The zero-order valence-electron chi connectivity index (χ0n) is 9.94. The van der Waals surface area contributed by atoms with E-state index in [0.717, 1.165) is 42.6 Å². The van der Waals surface area contributed by atoms with E-state index < -0.39 is 0 Å². The average Bonchev–Trinajstić information content (AvgIpc) is 2.72. The molecule has 1 saturated heterocycles. The van der Waals surface area contributed by atoms with Crippen LogP contribution in [0.5, 0.6) is 0 Å². The van der Waals surface area contributed by atoms with Crippen LogP contribution in [0.3, 0.4) is 0 Å². The summed E-state index contributed by atoms with van der Waals surface area (Å²) in [7, 11) is 0. The molecule has 3 rings (SSSR count). The minimum Gasteiger partial charge on any atom is -0.444 e. The third-order valence-electron chi connectivity index (χ3n) is 3.18. The normalized spacial score (nSPS) is 15.8. The predicted molar refractivity (Wildman–Crippen MR) is 66.7 cm³/mol. The van der Waals surface area contributed by atoms with Crippen LogP contribution in [0.15, 0.2) is 34.9 Å². The predicted octanol–water partition coefficient (Wildman–Crippen LogP) is 2.41. The zero-order chi connectivity index (χ0) is 11.7. The molecule has 0 unspecified atom stereocenters. The maximum atomic E-state index is 5.54. The minimum atomic E-state index is 0.727. The Balaban J connectivity index is 1.79. The average molecular weight is 228 g/mol. The van der Waals surface area contributed by atoms with Crippen LogP contribution in [0.2, 0.25) is 0 Å². The van der Waals surface area contributed by atoms with Crippen LogP contribution in [0, 0.1) is 12.8 Å². The van der Waals surface area contributed by atoms with Crippen molar-refractivity contribution in [2.75, 3.05) is 13.1 Å². The summed E-state index contributed by atoms with van der Waals surface area (Å²) in [6, 6.07) is 8.24. The van der Waals surface area contributed by atoms with E-state index in [9.17, 15) is 0 Å². The number of aromatic nitrogens is 1. The lowest BCUT2D eigenvalue weighted by atomic mass is 9.98. The first-order chi connectivity index (χ1) is 8.31. The Bertz CT molecular complexity index is 514. The van der Waals surface area contributed by atoms with Gasteiger partial charge in [-0.05, 0) is 44.5 Å². The van der Waals surface area contributed by atoms with Gasteiger partial charge in [0.2, 0.25) is 5.89 Å². The number of oxazole rings is 1. The monoisotopic (exact) mass is 228 g/mol. The molecule has 88 valence electrons. The van der Waals surface area contributed by atoms with Gasteiger partial charge in [-0.1, -0.05) is 17.7 Å². The second-order valence-corrected chi connectivity index (χ2v) is 4.74. The molecule has 0 saturated carbocycles. The second kappa shape index (κ2) is 4.34. The molecule has 0 atom stereocenters. The van der Waals surface area contributed by atoms with Gasteiger partial charge in [-0.25, -0.2) is 4.98 Å². The van der Waals surface area contributed by atoms with E-state index in [1.165, 1.54) is 5.56 Å². The molecule has 0 aliphatic carbocycles. The number of hydrogen-bond acceptors (Lipinski definition) is 3. The summed E-state index contributed by atoms with van der Waals surface area (Å²) >= 11 is 0. The highest BCUT2D eigenvalue weighted by Gasteiger charge is 2.19. The largest absolute Gasteiger partial charge is 0.444 e. The summed E-state index contributed by atoms with van der Waals surface area (Å²) in [6.45, 7) is 4.28. The third kappa shape index (κ3) is 2.24. The van der Waals surface area contributed by atoms with E-state index >= 15 is 0 Å². The summed E-state index contributed by atoms with van der Waals surface area (Å²) in [5.41, 5.74) is 3.35. The van der Waals surface area contributed by atoms with E-state index in [1.54, 1.807) is 6.26 Å². The molecule has 1 N–H and O–H groups in total. The smallest absolute Gasteiger partial charge is 0.226 e. The molecule has 0 spiro atoms. The molecule has 1 aromatic heterocycles. The fourth-order valence-electron chi connectivity index (χ4n) is 2.10. The van der Waals surface area contributed by atoms with Crippen molar-refractivity contribution in [1.29, 1.82) is 0 Å². The summed E-state index contributed by atoms with van der Waals surface area (Å²) in [5.74, 6) is 1.46. The van der Waals surface area contributed by atoms with Crippen molar-refractivity contribution in [3.63, 3.8) is 0 Å². The van der Waals surface area contributed by atoms with Crippen molar-refractivity contribution in [3.05, 3.63) is 41.8 Å². The molecule has 1 aliphatic heterocycles. The van der Waals surface area contributed by atoms with Crippen LogP contribution < -0.4 is 5.32 Å². The molecule has 0 amide bonds. The lowest BCUT2D eigenvalue weighted by Gasteiger charge is -2.25. The minimum absolute atomic E-state index is 0.727. The van der Waals surface area contributed by atoms with Crippen molar-refractivity contribution in [3.8, 4) is 11.5 Å². The first kappa shape index (κ1) is 10.5. The Morgan fingerprint density at radius 1 is 1.41 bits per heavy atom.